The van der Waals surface area contributed by atoms with Crippen molar-refractivity contribution in [1.29, 1.82) is 0 Å². The number of benzene rings is 1. The summed E-state index contributed by atoms with van der Waals surface area (Å²) in [6, 6.07) is 9.64. The molecule has 0 radical (unpaired) electrons. The van der Waals surface area contributed by atoms with E-state index >= 15 is 0 Å². The molecule has 2 aromatic rings. The molecular formula is C11H11N3O2S3. The smallest absolute Gasteiger partial charge is 0.262 e. The van der Waals surface area contributed by atoms with Gasteiger partial charge >= 0.3 is 0 Å². The first-order chi connectivity index (χ1) is 8.97. The normalized spacial score (nSPS) is 10.9. The molecule has 0 saturated carbocycles. The Bertz CT molecular complexity index is 664. The number of rotatable bonds is 4. The average Bonchev–Trinajstić information content (AvgIpc) is 2.81. The van der Waals surface area contributed by atoms with E-state index in [2.05, 4.69) is 10.0 Å². The van der Waals surface area contributed by atoms with Crippen molar-refractivity contribution in [1.82, 2.24) is 0 Å². The van der Waals surface area contributed by atoms with Gasteiger partial charge in [0.25, 0.3) is 10.0 Å². The van der Waals surface area contributed by atoms with Crippen LogP contribution in [0, 0.1) is 0 Å². The molecule has 0 amide bonds. The Morgan fingerprint density at radius 2 is 1.89 bits per heavy atom. The molecule has 0 spiro atoms. The van der Waals surface area contributed by atoms with Crippen LogP contribution < -0.4 is 15.8 Å². The number of hydrogen-bond acceptors (Lipinski definition) is 4. The van der Waals surface area contributed by atoms with Crippen LogP contribution in [0.2, 0.25) is 0 Å². The maximum absolute atomic E-state index is 12.1. The summed E-state index contributed by atoms with van der Waals surface area (Å²) in [5.41, 5.74) is 5.97. The number of thiophene rings is 1. The Labute approximate surface area is 120 Å². The highest BCUT2D eigenvalue weighted by Crippen LogP contribution is 2.21. The van der Waals surface area contributed by atoms with Gasteiger partial charge in [0.15, 0.2) is 5.11 Å². The lowest BCUT2D eigenvalue weighted by atomic mass is 10.3. The molecule has 0 saturated heterocycles. The van der Waals surface area contributed by atoms with Crippen LogP contribution in [-0.4, -0.2) is 13.5 Å². The van der Waals surface area contributed by atoms with Gasteiger partial charge in [-0.2, -0.15) is 0 Å². The van der Waals surface area contributed by atoms with E-state index in [1.807, 2.05) is 0 Å². The van der Waals surface area contributed by atoms with E-state index in [1.165, 1.54) is 23.5 Å². The summed E-state index contributed by atoms with van der Waals surface area (Å²) >= 11 is 6.02. The van der Waals surface area contributed by atoms with Crippen LogP contribution >= 0.6 is 23.6 Å². The monoisotopic (exact) mass is 313 g/mol. The van der Waals surface area contributed by atoms with E-state index in [9.17, 15) is 8.42 Å². The molecule has 0 unspecified atom stereocenters. The van der Waals surface area contributed by atoms with Crippen LogP contribution in [0.3, 0.4) is 0 Å². The van der Waals surface area contributed by atoms with Gasteiger partial charge in [-0.25, -0.2) is 8.42 Å². The zero-order chi connectivity index (χ0) is 13.9. The van der Waals surface area contributed by atoms with Gasteiger partial charge in [0.05, 0.1) is 4.90 Å². The molecule has 1 aromatic heterocycles. The van der Waals surface area contributed by atoms with Gasteiger partial charge in [-0.15, -0.1) is 11.3 Å². The molecule has 0 aliphatic heterocycles. The van der Waals surface area contributed by atoms with E-state index in [0.717, 1.165) is 0 Å². The molecule has 100 valence electrons. The van der Waals surface area contributed by atoms with E-state index in [1.54, 1.807) is 29.6 Å². The first-order valence-corrected chi connectivity index (χ1v) is 7.97. The number of nitrogens with two attached hydrogens (primary N) is 1. The van der Waals surface area contributed by atoms with Gasteiger partial charge in [0.2, 0.25) is 0 Å². The summed E-state index contributed by atoms with van der Waals surface area (Å²) in [6.07, 6.45) is 0. The topological polar surface area (TPSA) is 84.2 Å². The fraction of sp³-hybridized carbons (Fsp3) is 0. The van der Waals surface area contributed by atoms with Crippen molar-refractivity contribution in [3.8, 4) is 0 Å². The molecule has 0 aliphatic carbocycles. The van der Waals surface area contributed by atoms with Gasteiger partial charge in [-0.3, -0.25) is 4.72 Å². The van der Waals surface area contributed by atoms with Crippen molar-refractivity contribution in [3.05, 3.63) is 41.8 Å². The molecule has 5 nitrogen and oxygen atoms in total. The second kappa shape index (κ2) is 5.55. The number of anilines is 2. The summed E-state index contributed by atoms with van der Waals surface area (Å²) in [4.78, 5) is 0.175. The van der Waals surface area contributed by atoms with Crippen molar-refractivity contribution in [2.75, 3.05) is 10.0 Å². The molecule has 0 fully saturated rings. The van der Waals surface area contributed by atoms with Crippen molar-refractivity contribution < 1.29 is 8.42 Å². The summed E-state index contributed by atoms with van der Waals surface area (Å²) < 4.78 is 26.6. The number of thiocarbonyl (C=S) groups is 1. The average molecular weight is 313 g/mol. The Balaban J connectivity index is 2.19. The first kappa shape index (κ1) is 13.8. The highest BCUT2D eigenvalue weighted by molar-refractivity contribution is 7.93. The molecule has 1 aromatic carbocycles. The summed E-state index contributed by atoms with van der Waals surface area (Å²) in [6.45, 7) is 0. The molecule has 19 heavy (non-hydrogen) atoms. The highest BCUT2D eigenvalue weighted by Gasteiger charge is 2.14. The minimum Gasteiger partial charge on any atom is -0.376 e. The molecule has 4 N–H and O–H groups in total. The van der Waals surface area contributed by atoms with Gasteiger partial charge in [-0.05, 0) is 54.0 Å². The predicted molar refractivity (Wildman–Crippen MR) is 82.0 cm³/mol. The van der Waals surface area contributed by atoms with Crippen molar-refractivity contribution in [3.63, 3.8) is 0 Å². The molecular weight excluding hydrogens is 302 g/mol. The zero-order valence-corrected chi connectivity index (χ0v) is 12.1. The second-order valence-corrected chi connectivity index (χ2v) is 6.67. The highest BCUT2D eigenvalue weighted by atomic mass is 32.2. The van der Waals surface area contributed by atoms with Crippen molar-refractivity contribution in [2.45, 2.75) is 4.90 Å². The Hall–Kier alpha value is -1.64. The van der Waals surface area contributed by atoms with Crippen LogP contribution in [0.1, 0.15) is 0 Å². The van der Waals surface area contributed by atoms with E-state index in [-0.39, 0.29) is 10.0 Å². The Kier molecular flexibility index (Phi) is 4.03. The minimum absolute atomic E-state index is 0.132. The largest absolute Gasteiger partial charge is 0.376 e. The maximum atomic E-state index is 12.1. The van der Waals surface area contributed by atoms with Gasteiger partial charge in [-0.1, -0.05) is 0 Å². The quantitative estimate of drug-likeness (QED) is 0.754. The third kappa shape index (κ3) is 3.66. The van der Waals surface area contributed by atoms with Gasteiger partial charge < -0.3 is 11.1 Å². The summed E-state index contributed by atoms with van der Waals surface area (Å²) in [5, 5.41) is 5.23. The van der Waals surface area contributed by atoms with Crippen molar-refractivity contribution in [2.24, 2.45) is 5.73 Å². The Morgan fingerprint density at radius 1 is 1.21 bits per heavy atom. The molecule has 0 aliphatic rings. The minimum atomic E-state index is -3.56. The van der Waals surface area contributed by atoms with Crippen LogP contribution in [0.5, 0.6) is 0 Å². The van der Waals surface area contributed by atoms with E-state index < -0.39 is 10.0 Å². The van der Waals surface area contributed by atoms with Crippen molar-refractivity contribution >= 4 is 49.4 Å². The summed E-state index contributed by atoms with van der Waals surface area (Å²) in [5.74, 6) is 0. The lowest BCUT2D eigenvalue weighted by Gasteiger charge is -2.07. The first-order valence-electron chi connectivity index (χ1n) is 5.20. The standard InChI is InChI=1S/C11H11N3O2S3/c12-11(17)13-8-3-5-9(6-4-8)19(15,16)14-10-2-1-7-18-10/h1-7,14H,(H3,12,13,17). The third-order valence-corrected chi connectivity index (χ3v) is 4.59. The molecule has 8 heteroatoms. The summed E-state index contributed by atoms with van der Waals surface area (Å²) in [7, 11) is -3.56. The van der Waals surface area contributed by atoms with E-state index in [4.69, 9.17) is 18.0 Å². The van der Waals surface area contributed by atoms with Crippen LogP contribution in [0.15, 0.2) is 46.7 Å². The fourth-order valence-corrected chi connectivity index (χ4v) is 3.43. The number of hydrogen-bond donors (Lipinski definition) is 3. The number of sulfonamides is 1. The second-order valence-electron chi connectivity index (χ2n) is 3.60. The lowest BCUT2D eigenvalue weighted by Crippen LogP contribution is -2.19. The molecule has 1 heterocycles. The molecule has 0 atom stereocenters. The molecule has 2 rings (SSSR count). The van der Waals surface area contributed by atoms with Crippen LogP contribution in [-0.2, 0) is 10.0 Å². The molecule has 0 bridgehead atoms. The third-order valence-electron chi connectivity index (χ3n) is 2.19. The van der Waals surface area contributed by atoms with Gasteiger partial charge in [0, 0.05) is 5.69 Å². The predicted octanol–water partition coefficient (Wildman–Crippen LogP) is 2.20. The maximum Gasteiger partial charge on any atom is 0.262 e. The van der Waals surface area contributed by atoms with E-state index in [0.29, 0.717) is 10.7 Å². The van der Waals surface area contributed by atoms with Crippen LogP contribution in [0.25, 0.3) is 0 Å². The fourth-order valence-electron chi connectivity index (χ4n) is 1.39. The Morgan fingerprint density at radius 3 is 2.42 bits per heavy atom. The van der Waals surface area contributed by atoms with Crippen LogP contribution in [0.4, 0.5) is 10.7 Å². The zero-order valence-electron chi connectivity index (χ0n) is 9.66. The SMILES string of the molecule is NC(=S)Nc1ccc(S(=O)(=O)Nc2cccs2)cc1. The lowest BCUT2D eigenvalue weighted by molar-refractivity contribution is 0.601. The van der Waals surface area contributed by atoms with Gasteiger partial charge in [0.1, 0.15) is 5.00 Å². The number of nitrogens with one attached hydrogen (secondary N) is 2.